The molecule has 0 aromatic carbocycles. The van der Waals surface area contributed by atoms with Gasteiger partial charge in [-0.15, -0.1) is 24.0 Å². The van der Waals surface area contributed by atoms with Gasteiger partial charge in [-0.3, -0.25) is 4.99 Å². The Morgan fingerprint density at radius 2 is 2.05 bits per heavy atom. The molecule has 1 aliphatic rings. The van der Waals surface area contributed by atoms with Crippen molar-refractivity contribution in [2.45, 2.75) is 45.3 Å². The lowest BCUT2D eigenvalue weighted by Gasteiger charge is -2.35. The van der Waals surface area contributed by atoms with Crippen LogP contribution in [-0.2, 0) is 13.6 Å². The summed E-state index contributed by atoms with van der Waals surface area (Å²) in [6.45, 7) is 7.70. The van der Waals surface area contributed by atoms with Crippen LogP contribution in [0.2, 0.25) is 0 Å². The van der Waals surface area contributed by atoms with E-state index in [1.165, 1.54) is 31.5 Å². The van der Waals surface area contributed by atoms with Crippen LogP contribution in [0, 0.1) is 0 Å². The third-order valence-corrected chi connectivity index (χ3v) is 4.18. The highest BCUT2D eigenvalue weighted by molar-refractivity contribution is 14.0. The summed E-state index contributed by atoms with van der Waals surface area (Å²) in [6, 6.07) is 3.31. The smallest absolute Gasteiger partial charge is 0.191 e. The van der Waals surface area contributed by atoms with Crippen molar-refractivity contribution >= 4 is 29.9 Å². The summed E-state index contributed by atoms with van der Waals surface area (Å²) < 4.78 is 2.06. The van der Waals surface area contributed by atoms with Crippen molar-refractivity contribution in [2.24, 2.45) is 12.0 Å². The Kier molecular flexibility index (Phi) is 8.24. The van der Waals surface area contributed by atoms with E-state index in [0.29, 0.717) is 12.1 Å². The normalized spacial score (nSPS) is 17.4. The van der Waals surface area contributed by atoms with E-state index in [-0.39, 0.29) is 24.0 Å². The number of hydrogen-bond donors (Lipinski definition) is 2. The number of halogens is 1. The average Bonchev–Trinajstić information content (AvgIpc) is 2.89. The first-order valence-corrected chi connectivity index (χ1v) is 7.90. The monoisotopic (exact) mass is 419 g/mol. The maximum atomic E-state index is 4.33. The van der Waals surface area contributed by atoms with E-state index >= 15 is 0 Å². The Morgan fingerprint density at radius 1 is 1.36 bits per heavy atom. The Labute approximate surface area is 151 Å². The quantitative estimate of drug-likeness (QED) is 0.447. The van der Waals surface area contributed by atoms with E-state index in [9.17, 15) is 0 Å². The number of guanidine groups is 1. The zero-order valence-corrected chi connectivity index (χ0v) is 16.5. The predicted molar refractivity (Wildman–Crippen MR) is 104 cm³/mol. The van der Waals surface area contributed by atoms with Gasteiger partial charge >= 0.3 is 0 Å². The van der Waals surface area contributed by atoms with Gasteiger partial charge in [0, 0.05) is 58.2 Å². The molecule has 1 aromatic rings. The molecular weight excluding hydrogens is 389 g/mol. The molecule has 0 atom stereocenters. The molecule has 0 bridgehead atoms. The van der Waals surface area contributed by atoms with Crippen molar-refractivity contribution < 1.29 is 0 Å². The molecule has 0 aliphatic carbocycles. The first-order valence-electron chi connectivity index (χ1n) is 7.90. The third kappa shape index (κ3) is 5.79. The topological polar surface area (TPSA) is 44.6 Å². The molecule has 1 fully saturated rings. The van der Waals surface area contributed by atoms with Gasteiger partial charge in [0.05, 0.1) is 0 Å². The molecule has 0 radical (unpaired) electrons. The fraction of sp³-hybridized carbons (Fsp3) is 0.688. The van der Waals surface area contributed by atoms with Crippen LogP contribution >= 0.6 is 24.0 Å². The largest absolute Gasteiger partial charge is 0.357 e. The molecule has 0 amide bonds. The first kappa shape index (κ1) is 19.3. The molecule has 0 saturated carbocycles. The number of likely N-dealkylation sites (tertiary alicyclic amines) is 1. The number of hydrogen-bond acceptors (Lipinski definition) is 2. The van der Waals surface area contributed by atoms with Crippen LogP contribution < -0.4 is 10.6 Å². The van der Waals surface area contributed by atoms with E-state index in [1.807, 2.05) is 14.1 Å². The van der Waals surface area contributed by atoms with Gasteiger partial charge in [0.2, 0.25) is 0 Å². The van der Waals surface area contributed by atoms with Crippen LogP contribution in [-0.4, -0.2) is 47.6 Å². The molecule has 2 N–H and O–H groups in total. The number of nitrogens with one attached hydrogen (secondary N) is 2. The van der Waals surface area contributed by atoms with Gasteiger partial charge in [-0.2, -0.15) is 0 Å². The summed E-state index contributed by atoms with van der Waals surface area (Å²) in [5, 5.41) is 6.94. The number of rotatable bonds is 4. The number of aromatic nitrogens is 1. The molecule has 1 aliphatic heterocycles. The predicted octanol–water partition coefficient (Wildman–Crippen LogP) is 2.18. The number of nitrogens with zero attached hydrogens (tertiary/aromatic N) is 3. The van der Waals surface area contributed by atoms with Crippen molar-refractivity contribution in [3.05, 3.63) is 24.0 Å². The van der Waals surface area contributed by atoms with E-state index < -0.39 is 0 Å². The van der Waals surface area contributed by atoms with E-state index in [2.05, 4.69) is 57.4 Å². The number of piperidine rings is 1. The summed E-state index contributed by atoms with van der Waals surface area (Å²) in [5.74, 6) is 0.904. The lowest BCUT2D eigenvalue weighted by molar-refractivity contribution is 0.167. The summed E-state index contributed by atoms with van der Waals surface area (Å²) in [5.41, 5.74) is 1.27. The zero-order chi connectivity index (χ0) is 15.2. The second-order valence-electron chi connectivity index (χ2n) is 6.16. The van der Waals surface area contributed by atoms with Crippen LogP contribution in [0.3, 0.4) is 0 Å². The SMILES string of the molecule is CN=C(NCc1ccn(C)c1)NC1CCN(C(C)C)CC1.I. The van der Waals surface area contributed by atoms with Gasteiger partial charge in [0.25, 0.3) is 0 Å². The van der Waals surface area contributed by atoms with Gasteiger partial charge in [-0.25, -0.2) is 0 Å². The Hall–Kier alpha value is -0.760. The summed E-state index contributed by atoms with van der Waals surface area (Å²) in [6.07, 6.45) is 6.56. The molecule has 0 spiro atoms. The first-order chi connectivity index (χ1) is 10.1. The van der Waals surface area contributed by atoms with Crippen LogP contribution in [0.5, 0.6) is 0 Å². The lowest BCUT2D eigenvalue weighted by atomic mass is 10.0. The summed E-state index contributed by atoms with van der Waals surface area (Å²) in [7, 11) is 3.88. The van der Waals surface area contributed by atoms with Crippen LogP contribution in [0.1, 0.15) is 32.3 Å². The number of aryl methyl sites for hydroxylation is 1. The molecule has 2 rings (SSSR count). The minimum atomic E-state index is 0. The van der Waals surface area contributed by atoms with Gasteiger partial charge in [-0.05, 0) is 38.3 Å². The van der Waals surface area contributed by atoms with Gasteiger partial charge in [0.15, 0.2) is 5.96 Å². The molecule has 0 unspecified atom stereocenters. The van der Waals surface area contributed by atoms with Crippen LogP contribution in [0.25, 0.3) is 0 Å². The second kappa shape index (κ2) is 9.39. The highest BCUT2D eigenvalue weighted by atomic mass is 127. The fourth-order valence-electron chi connectivity index (χ4n) is 2.80. The molecule has 6 heteroatoms. The standard InChI is InChI=1S/C16H29N5.HI/c1-13(2)21-9-6-15(7-10-21)19-16(17-3)18-11-14-5-8-20(4)12-14;/h5,8,12-13,15H,6-7,9-11H2,1-4H3,(H2,17,18,19);1H. The Bertz CT molecular complexity index is 461. The maximum absolute atomic E-state index is 4.33. The lowest BCUT2D eigenvalue weighted by Crippen LogP contribution is -2.49. The molecule has 2 heterocycles. The zero-order valence-electron chi connectivity index (χ0n) is 14.2. The van der Waals surface area contributed by atoms with Crippen LogP contribution in [0.15, 0.2) is 23.5 Å². The minimum absolute atomic E-state index is 0. The van der Waals surface area contributed by atoms with Gasteiger partial charge in [-0.1, -0.05) is 0 Å². The highest BCUT2D eigenvalue weighted by Gasteiger charge is 2.21. The molecule has 126 valence electrons. The van der Waals surface area contributed by atoms with Gasteiger partial charge < -0.3 is 20.1 Å². The third-order valence-electron chi connectivity index (χ3n) is 4.18. The van der Waals surface area contributed by atoms with Crippen molar-refractivity contribution in [3.8, 4) is 0 Å². The van der Waals surface area contributed by atoms with Crippen molar-refractivity contribution in [3.63, 3.8) is 0 Å². The van der Waals surface area contributed by atoms with E-state index in [4.69, 9.17) is 0 Å². The maximum Gasteiger partial charge on any atom is 0.191 e. The summed E-state index contributed by atoms with van der Waals surface area (Å²) >= 11 is 0. The minimum Gasteiger partial charge on any atom is -0.357 e. The Morgan fingerprint density at radius 3 is 2.55 bits per heavy atom. The molecule has 5 nitrogen and oxygen atoms in total. The van der Waals surface area contributed by atoms with Crippen molar-refractivity contribution in [2.75, 3.05) is 20.1 Å². The highest BCUT2D eigenvalue weighted by Crippen LogP contribution is 2.12. The van der Waals surface area contributed by atoms with Gasteiger partial charge in [0.1, 0.15) is 0 Å². The molecule has 1 saturated heterocycles. The Balaban J connectivity index is 0.00000242. The van der Waals surface area contributed by atoms with E-state index in [0.717, 1.165) is 12.5 Å². The van der Waals surface area contributed by atoms with E-state index in [1.54, 1.807) is 0 Å². The molecular formula is C16H30IN5. The number of aliphatic imine (C=N–C) groups is 1. The molecule has 1 aromatic heterocycles. The fourth-order valence-corrected chi connectivity index (χ4v) is 2.80. The summed E-state index contributed by atoms with van der Waals surface area (Å²) in [4.78, 5) is 6.87. The second-order valence-corrected chi connectivity index (χ2v) is 6.16. The average molecular weight is 419 g/mol. The van der Waals surface area contributed by atoms with Crippen LogP contribution in [0.4, 0.5) is 0 Å². The van der Waals surface area contributed by atoms with Crippen molar-refractivity contribution in [1.82, 2.24) is 20.1 Å². The molecule has 22 heavy (non-hydrogen) atoms. The van der Waals surface area contributed by atoms with Crippen molar-refractivity contribution in [1.29, 1.82) is 0 Å².